The fraction of sp³-hybridized carbons (Fsp3) is 0.308. The van der Waals surface area contributed by atoms with E-state index < -0.39 is 18.8 Å². The first-order valence-electron chi connectivity index (χ1n) is 6.11. The molecule has 2 atom stereocenters. The molecular formula is C13H14FN3O2S2. The maximum atomic E-state index is 12.8. The first kappa shape index (κ1) is 15.9. The number of aromatic nitrogens is 2. The van der Waals surface area contributed by atoms with Crippen LogP contribution in [0.4, 0.5) is 4.39 Å². The number of benzene rings is 1. The Morgan fingerprint density at radius 2 is 2.14 bits per heavy atom. The van der Waals surface area contributed by atoms with Crippen molar-refractivity contribution in [3.63, 3.8) is 0 Å². The zero-order chi connectivity index (χ0) is 15.2. The molecule has 0 aliphatic carbocycles. The van der Waals surface area contributed by atoms with E-state index in [0.717, 1.165) is 14.9 Å². The van der Waals surface area contributed by atoms with Crippen LogP contribution in [0, 0.1) is 0 Å². The summed E-state index contributed by atoms with van der Waals surface area (Å²) in [6.07, 6.45) is 1.22. The van der Waals surface area contributed by atoms with Crippen LogP contribution < -0.4 is 5.32 Å². The van der Waals surface area contributed by atoms with E-state index in [1.807, 2.05) is 6.26 Å². The Bertz CT molecular complexity index is 591. The van der Waals surface area contributed by atoms with E-state index >= 15 is 0 Å². The van der Waals surface area contributed by atoms with E-state index in [4.69, 9.17) is 0 Å². The zero-order valence-corrected chi connectivity index (χ0v) is 12.8. The highest BCUT2D eigenvalue weighted by Gasteiger charge is 2.20. The summed E-state index contributed by atoms with van der Waals surface area (Å²) < 4.78 is 13.6. The number of nitrogens with one attached hydrogen (secondary N) is 1. The average molecular weight is 327 g/mol. The zero-order valence-electron chi connectivity index (χ0n) is 11.2. The van der Waals surface area contributed by atoms with Crippen molar-refractivity contribution in [3.8, 4) is 10.6 Å². The number of aliphatic hydroxyl groups excluding tert-OH is 1. The molecule has 21 heavy (non-hydrogen) atoms. The third-order valence-electron chi connectivity index (χ3n) is 2.91. The molecule has 0 saturated heterocycles. The van der Waals surface area contributed by atoms with E-state index in [9.17, 15) is 14.3 Å². The SMILES string of the molecule is CSc1nnc(-c2ccc(C(O)C(CF)NC=O)cc2)s1. The predicted octanol–water partition coefficient (Wildman–Crippen LogP) is 2.04. The van der Waals surface area contributed by atoms with Crippen molar-refractivity contribution in [3.05, 3.63) is 29.8 Å². The van der Waals surface area contributed by atoms with Gasteiger partial charge in [0.2, 0.25) is 6.41 Å². The van der Waals surface area contributed by atoms with Gasteiger partial charge in [-0.3, -0.25) is 4.79 Å². The molecule has 1 amide bonds. The molecular weight excluding hydrogens is 313 g/mol. The number of carbonyl (C=O) groups excluding carboxylic acids is 1. The number of rotatable bonds is 7. The van der Waals surface area contributed by atoms with Gasteiger partial charge in [0.15, 0.2) is 4.34 Å². The van der Waals surface area contributed by atoms with E-state index in [0.29, 0.717) is 12.0 Å². The summed E-state index contributed by atoms with van der Waals surface area (Å²) in [6.45, 7) is -0.838. The summed E-state index contributed by atoms with van der Waals surface area (Å²) in [5.74, 6) is 0. The number of alkyl halides is 1. The summed E-state index contributed by atoms with van der Waals surface area (Å²) in [6, 6.07) is 6.02. The van der Waals surface area contributed by atoms with Crippen LogP contribution in [-0.4, -0.2) is 40.7 Å². The number of halogens is 1. The second kappa shape index (κ2) is 7.48. The summed E-state index contributed by atoms with van der Waals surface area (Å²) >= 11 is 3.01. The van der Waals surface area contributed by atoms with Gasteiger partial charge in [-0.05, 0) is 11.8 Å². The van der Waals surface area contributed by atoms with Crippen molar-refractivity contribution < 1.29 is 14.3 Å². The molecule has 0 aliphatic rings. The van der Waals surface area contributed by atoms with Crippen LogP contribution >= 0.6 is 23.1 Å². The van der Waals surface area contributed by atoms with Gasteiger partial charge in [0.05, 0.1) is 6.04 Å². The minimum absolute atomic E-state index is 0.382. The molecule has 2 aromatic rings. The summed E-state index contributed by atoms with van der Waals surface area (Å²) in [7, 11) is 0. The Morgan fingerprint density at radius 1 is 1.43 bits per heavy atom. The van der Waals surface area contributed by atoms with Gasteiger partial charge < -0.3 is 10.4 Å². The molecule has 0 fully saturated rings. The maximum Gasteiger partial charge on any atom is 0.207 e. The summed E-state index contributed by atoms with van der Waals surface area (Å²) in [4.78, 5) is 10.4. The molecule has 2 unspecified atom stereocenters. The van der Waals surface area contributed by atoms with E-state index in [1.165, 1.54) is 23.1 Å². The monoisotopic (exact) mass is 327 g/mol. The minimum atomic E-state index is -1.09. The maximum absolute atomic E-state index is 12.8. The van der Waals surface area contributed by atoms with E-state index in [2.05, 4.69) is 15.5 Å². The fourth-order valence-electron chi connectivity index (χ4n) is 1.77. The standard InChI is InChI=1S/C13H14FN3O2S2/c1-20-13-17-16-12(21-13)9-4-2-8(3-5-9)11(19)10(6-14)15-7-18/h2-5,7,10-11,19H,6H2,1H3,(H,15,18). The Kier molecular flexibility index (Phi) is 5.66. The number of carbonyl (C=O) groups is 1. The first-order chi connectivity index (χ1) is 10.2. The second-order valence-electron chi connectivity index (χ2n) is 4.19. The third kappa shape index (κ3) is 3.78. The van der Waals surface area contributed by atoms with Gasteiger partial charge in [-0.1, -0.05) is 47.4 Å². The normalized spacial score (nSPS) is 13.7. The molecule has 8 heteroatoms. The highest BCUT2D eigenvalue weighted by molar-refractivity contribution is 8.00. The Morgan fingerprint density at radius 3 is 2.67 bits per heavy atom. The van der Waals surface area contributed by atoms with E-state index in [1.54, 1.807) is 24.3 Å². The van der Waals surface area contributed by atoms with Crippen molar-refractivity contribution in [1.29, 1.82) is 0 Å². The number of amides is 1. The van der Waals surface area contributed by atoms with Gasteiger partial charge in [-0.25, -0.2) is 4.39 Å². The van der Waals surface area contributed by atoms with Crippen LogP contribution in [0.1, 0.15) is 11.7 Å². The van der Waals surface area contributed by atoms with Crippen molar-refractivity contribution >= 4 is 29.5 Å². The van der Waals surface area contributed by atoms with Crippen LogP contribution in [0.3, 0.4) is 0 Å². The number of thioether (sulfide) groups is 1. The molecule has 0 bridgehead atoms. The lowest BCUT2D eigenvalue weighted by Crippen LogP contribution is -2.35. The molecule has 2 N–H and O–H groups in total. The summed E-state index contributed by atoms with van der Waals surface area (Å²) in [5.41, 5.74) is 1.41. The van der Waals surface area contributed by atoms with Crippen molar-refractivity contribution in [2.45, 2.75) is 16.5 Å². The fourth-order valence-corrected chi connectivity index (χ4v) is 3.05. The van der Waals surface area contributed by atoms with Crippen molar-refractivity contribution in [2.75, 3.05) is 12.9 Å². The predicted molar refractivity (Wildman–Crippen MR) is 81.0 cm³/mol. The van der Waals surface area contributed by atoms with Gasteiger partial charge in [-0.2, -0.15) is 0 Å². The lowest BCUT2D eigenvalue weighted by atomic mass is 10.0. The van der Waals surface area contributed by atoms with Crippen LogP contribution in [0.15, 0.2) is 28.6 Å². The molecule has 5 nitrogen and oxygen atoms in total. The largest absolute Gasteiger partial charge is 0.386 e. The summed E-state index contributed by atoms with van der Waals surface area (Å²) in [5, 5.41) is 21.2. The second-order valence-corrected chi connectivity index (χ2v) is 6.22. The topological polar surface area (TPSA) is 75.1 Å². The third-order valence-corrected chi connectivity index (χ3v) is 4.86. The van der Waals surface area contributed by atoms with Crippen molar-refractivity contribution in [1.82, 2.24) is 15.5 Å². The lowest BCUT2D eigenvalue weighted by Gasteiger charge is -2.19. The van der Waals surface area contributed by atoms with Crippen LogP contribution in [0.25, 0.3) is 10.6 Å². The van der Waals surface area contributed by atoms with E-state index in [-0.39, 0.29) is 0 Å². The van der Waals surface area contributed by atoms with Crippen LogP contribution in [-0.2, 0) is 4.79 Å². The van der Waals surface area contributed by atoms with Gasteiger partial charge in [0.1, 0.15) is 17.8 Å². The highest BCUT2D eigenvalue weighted by Crippen LogP contribution is 2.29. The van der Waals surface area contributed by atoms with Gasteiger partial charge >= 0.3 is 0 Å². The Labute approximate surface area is 129 Å². The lowest BCUT2D eigenvalue weighted by molar-refractivity contribution is -0.111. The van der Waals surface area contributed by atoms with Crippen LogP contribution in [0.5, 0.6) is 0 Å². The number of hydrogen-bond acceptors (Lipinski definition) is 6. The molecule has 0 radical (unpaired) electrons. The molecule has 0 saturated carbocycles. The number of nitrogens with zero attached hydrogens (tertiary/aromatic N) is 2. The molecule has 0 aliphatic heterocycles. The smallest absolute Gasteiger partial charge is 0.207 e. The number of aliphatic hydroxyl groups is 1. The Hall–Kier alpha value is -1.51. The average Bonchev–Trinajstić information content (AvgIpc) is 3.01. The molecule has 1 heterocycles. The molecule has 1 aromatic carbocycles. The highest BCUT2D eigenvalue weighted by atomic mass is 32.2. The molecule has 0 spiro atoms. The minimum Gasteiger partial charge on any atom is -0.386 e. The number of hydrogen-bond donors (Lipinski definition) is 2. The first-order valence-corrected chi connectivity index (χ1v) is 8.15. The molecule has 1 aromatic heterocycles. The molecule has 112 valence electrons. The van der Waals surface area contributed by atoms with Crippen molar-refractivity contribution in [2.24, 2.45) is 0 Å². The van der Waals surface area contributed by atoms with Crippen LogP contribution in [0.2, 0.25) is 0 Å². The Balaban J connectivity index is 2.16. The quantitative estimate of drug-likeness (QED) is 0.601. The van der Waals surface area contributed by atoms with Gasteiger partial charge in [-0.15, -0.1) is 10.2 Å². The molecule has 2 rings (SSSR count). The van der Waals surface area contributed by atoms with Gasteiger partial charge in [0, 0.05) is 5.56 Å². The van der Waals surface area contributed by atoms with Gasteiger partial charge in [0.25, 0.3) is 0 Å².